The van der Waals surface area contributed by atoms with E-state index in [0.717, 1.165) is 12.2 Å². The molecular weight excluding hydrogens is 216 g/mol. The van der Waals surface area contributed by atoms with Gasteiger partial charge in [0.05, 0.1) is 18.4 Å². The Morgan fingerprint density at radius 1 is 1.53 bits per heavy atom. The van der Waals surface area contributed by atoms with Crippen molar-refractivity contribution in [1.82, 2.24) is 10.3 Å². The number of pyridine rings is 1. The monoisotopic (exact) mass is 236 g/mol. The molecule has 1 rings (SSSR count). The summed E-state index contributed by atoms with van der Waals surface area (Å²) in [7, 11) is 0. The van der Waals surface area contributed by atoms with Gasteiger partial charge < -0.3 is 16.0 Å². The average molecular weight is 236 g/mol. The number of nitrogen functional groups attached to an aromatic ring is 1. The molecule has 0 atom stereocenters. The summed E-state index contributed by atoms with van der Waals surface area (Å²) in [6.45, 7) is 6.97. The molecule has 5 nitrogen and oxygen atoms in total. The van der Waals surface area contributed by atoms with E-state index in [-0.39, 0.29) is 11.9 Å². The van der Waals surface area contributed by atoms with Crippen molar-refractivity contribution >= 4 is 17.4 Å². The summed E-state index contributed by atoms with van der Waals surface area (Å²) in [6.07, 6.45) is 1.68. The van der Waals surface area contributed by atoms with Crippen molar-refractivity contribution in [1.29, 1.82) is 0 Å². The van der Waals surface area contributed by atoms with Crippen molar-refractivity contribution < 1.29 is 4.79 Å². The number of hydrogen-bond donors (Lipinski definition) is 2. The number of amides is 1. The first-order valence-corrected chi connectivity index (χ1v) is 5.78. The molecule has 0 saturated heterocycles. The van der Waals surface area contributed by atoms with Crippen molar-refractivity contribution in [3.05, 3.63) is 18.3 Å². The standard InChI is InChI=1S/C12H20N4O/c1-4-16(8-12(17)15-9(2)3)10-5-6-11(13)14-7-10/h5-7,9H,4,8H2,1-3H3,(H2,13,14)(H,15,17). The van der Waals surface area contributed by atoms with E-state index in [1.54, 1.807) is 12.3 Å². The fourth-order valence-corrected chi connectivity index (χ4v) is 1.51. The van der Waals surface area contributed by atoms with Crippen LogP contribution in [0.25, 0.3) is 0 Å². The maximum absolute atomic E-state index is 11.7. The van der Waals surface area contributed by atoms with E-state index in [9.17, 15) is 4.79 Å². The van der Waals surface area contributed by atoms with Gasteiger partial charge in [-0.15, -0.1) is 0 Å². The first-order chi connectivity index (χ1) is 8.02. The Bertz CT molecular complexity index is 361. The minimum Gasteiger partial charge on any atom is -0.384 e. The van der Waals surface area contributed by atoms with E-state index in [1.807, 2.05) is 31.7 Å². The highest BCUT2D eigenvalue weighted by molar-refractivity contribution is 5.81. The van der Waals surface area contributed by atoms with Gasteiger partial charge >= 0.3 is 0 Å². The zero-order valence-electron chi connectivity index (χ0n) is 10.6. The van der Waals surface area contributed by atoms with Gasteiger partial charge in [0.2, 0.25) is 5.91 Å². The molecular formula is C12H20N4O. The van der Waals surface area contributed by atoms with Crippen LogP contribution in [0.15, 0.2) is 18.3 Å². The smallest absolute Gasteiger partial charge is 0.239 e. The second kappa shape index (κ2) is 6.08. The molecule has 3 N–H and O–H groups in total. The van der Waals surface area contributed by atoms with Gasteiger partial charge in [0, 0.05) is 12.6 Å². The van der Waals surface area contributed by atoms with E-state index < -0.39 is 0 Å². The van der Waals surface area contributed by atoms with Crippen LogP contribution in [-0.4, -0.2) is 30.0 Å². The molecule has 0 aromatic carbocycles. The lowest BCUT2D eigenvalue weighted by Crippen LogP contribution is -2.40. The lowest BCUT2D eigenvalue weighted by atomic mass is 10.3. The molecule has 94 valence electrons. The molecule has 17 heavy (non-hydrogen) atoms. The number of carbonyl (C=O) groups is 1. The largest absolute Gasteiger partial charge is 0.384 e. The molecule has 1 aromatic rings. The van der Waals surface area contributed by atoms with Crippen molar-refractivity contribution in [3.63, 3.8) is 0 Å². The lowest BCUT2D eigenvalue weighted by Gasteiger charge is -2.22. The van der Waals surface area contributed by atoms with Crippen LogP contribution in [0.1, 0.15) is 20.8 Å². The number of hydrogen-bond acceptors (Lipinski definition) is 4. The third kappa shape index (κ3) is 4.30. The van der Waals surface area contributed by atoms with Crippen LogP contribution in [0, 0.1) is 0 Å². The summed E-state index contributed by atoms with van der Waals surface area (Å²) >= 11 is 0. The van der Waals surface area contributed by atoms with Gasteiger partial charge in [-0.05, 0) is 32.9 Å². The summed E-state index contributed by atoms with van der Waals surface area (Å²) in [5, 5.41) is 2.86. The number of carbonyl (C=O) groups excluding carboxylic acids is 1. The zero-order valence-corrected chi connectivity index (χ0v) is 10.6. The van der Waals surface area contributed by atoms with Crippen LogP contribution >= 0.6 is 0 Å². The Morgan fingerprint density at radius 3 is 2.71 bits per heavy atom. The summed E-state index contributed by atoms with van der Waals surface area (Å²) in [4.78, 5) is 17.6. The van der Waals surface area contributed by atoms with E-state index in [0.29, 0.717) is 12.4 Å². The van der Waals surface area contributed by atoms with Crippen LogP contribution in [0.4, 0.5) is 11.5 Å². The number of aromatic nitrogens is 1. The number of nitrogens with zero attached hydrogens (tertiary/aromatic N) is 2. The topological polar surface area (TPSA) is 71.2 Å². The van der Waals surface area contributed by atoms with Gasteiger partial charge in [0.1, 0.15) is 5.82 Å². The van der Waals surface area contributed by atoms with Crippen LogP contribution in [-0.2, 0) is 4.79 Å². The molecule has 1 aromatic heterocycles. The quantitative estimate of drug-likeness (QED) is 0.800. The fourth-order valence-electron chi connectivity index (χ4n) is 1.51. The number of likely N-dealkylation sites (N-methyl/N-ethyl adjacent to an activating group) is 1. The van der Waals surface area contributed by atoms with Gasteiger partial charge in [0.25, 0.3) is 0 Å². The van der Waals surface area contributed by atoms with Gasteiger partial charge in [-0.3, -0.25) is 4.79 Å². The minimum atomic E-state index is 0.0127. The molecule has 0 saturated carbocycles. The summed E-state index contributed by atoms with van der Waals surface area (Å²) in [5.74, 6) is 0.495. The van der Waals surface area contributed by atoms with E-state index >= 15 is 0 Å². The van der Waals surface area contributed by atoms with E-state index in [4.69, 9.17) is 5.73 Å². The lowest BCUT2D eigenvalue weighted by molar-refractivity contribution is -0.120. The maximum Gasteiger partial charge on any atom is 0.239 e. The zero-order chi connectivity index (χ0) is 12.8. The predicted molar refractivity (Wildman–Crippen MR) is 69.8 cm³/mol. The summed E-state index contributed by atoms with van der Waals surface area (Å²) in [5.41, 5.74) is 6.43. The Balaban J connectivity index is 2.65. The van der Waals surface area contributed by atoms with Crippen LogP contribution < -0.4 is 16.0 Å². The minimum absolute atomic E-state index is 0.0127. The average Bonchev–Trinajstić information content (AvgIpc) is 2.26. The van der Waals surface area contributed by atoms with Crippen LogP contribution in [0.3, 0.4) is 0 Å². The number of nitrogens with one attached hydrogen (secondary N) is 1. The second-order valence-electron chi connectivity index (χ2n) is 4.18. The predicted octanol–water partition coefficient (Wildman–Crippen LogP) is 1.01. The highest BCUT2D eigenvalue weighted by atomic mass is 16.2. The number of rotatable bonds is 5. The molecule has 5 heteroatoms. The molecule has 0 aliphatic carbocycles. The van der Waals surface area contributed by atoms with Crippen molar-refractivity contribution in [3.8, 4) is 0 Å². The van der Waals surface area contributed by atoms with Crippen LogP contribution in [0.5, 0.6) is 0 Å². The number of anilines is 2. The highest BCUT2D eigenvalue weighted by Crippen LogP contribution is 2.13. The highest BCUT2D eigenvalue weighted by Gasteiger charge is 2.10. The number of nitrogens with two attached hydrogens (primary N) is 1. The molecule has 0 aliphatic rings. The molecule has 0 bridgehead atoms. The second-order valence-corrected chi connectivity index (χ2v) is 4.18. The molecule has 0 aliphatic heterocycles. The maximum atomic E-state index is 11.7. The van der Waals surface area contributed by atoms with Gasteiger partial charge in [-0.2, -0.15) is 0 Å². The van der Waals surface area contributed by atoms with Crippen molar-refractivity contribution in [2.75, 3.05) is 23.7 Å². The molecule has 0 radical (unpaired) electrons. The Hall–Kier alpha value is -1.78. The van der Waals surface area contributed by atoms with Crippen molar-refractivity contribution in [2.45, 2.75) is 26.8 Å². The fraction of sp³-hybridized carbons (Fsp3) is 0.500. The normalized spacial score (nSPS) is 10.4. The van der Waals surface area contributed by atoms with Gasteiger partial charge in [-0.25, -0.2) is 4.98 Å². The molecule has 1 heterocycles. The first-order valence-electron chi connectivity index (χ1n) is 5.78. The SMILES string of the molecule is CCN(CC(=O)NC(C)C)c1ccc(N)nc1. The molecule has 0 spiro atoms. The summed E-state index contributed by atoms with van der Waals surface area (Å²) in [6, 6.07) is 3.76. The van der Waals surface area contributed by atoms with E-state index in [2.05, 4.69) is 10.3 Å². The van der Waals surface area contributed by atoms with Gasteiger partial charge in [-0.1, -0.05) is 0 Å². The Morgan fingerprint density at radius 2 is 2.24 bits per heavy atom. The first kappa shape index (κ1) is 13.3. The summed E-state index contributed by atoms with van der Waals surface area (Å²) < 4.78 is 0. The van der Waals surface area contributed by atoms with Gasteiger partial charge in [0.15, 0.2) is 0 Å². The molecule has 0 unspecified atom stereocenters. The Kier molecular flexibility index (Phi) is 4.75. The Labute approximate surface area is 102 Å². The van der Waals surface area contributed by atoms with E-state index in [1.165, 1.54) is 0 Å². The molecule has 1 amide bonds. The third-order valence-electron chi connectivity index (χ3n) is 2.30. The van der Waals surface area contributed by atoms with Crippen LogP contribution in [0.2, 0.25) is 0 Å². The van der Waals surface area contributed by atoms with Crippen molar-refractivity contribution in [2.24, 2.45) is 0 Å². The third-order valence-corrected chi connectivity index (χ3v) is 2.30. The molecule has 0 fully saturated rings.